The molecule has 1 amide bonds. The maximum absolute atomic E-state index is 12.6. The van der Waals surface area contributed by atoms with Gasteiger partial charge < -0.3 is 9.73 Å². The van der Waals surface area contributed by atoms with E-state index in [9.17, 15) is 4.79 Å². The summed E-state index contributed by atoms with van der Waals surface area (Å²) in [5.74, 6) is 1.49. The first kappa shape index (κ1) is 17.7. The van der Waals surface area contributed by atoms with Crippen LogP contribution in [0.4, 0.5) is 0 Å². The van der Waals surface area contributed by atoms with Crippen LogP contribution >= 0.6 is 0 Å². The van der Waals surface area contributed by atoms with Gasteiger partial charge in [0, 0.05) is 5.56 Å². The third kappa shape index (κ3) is 3.55. The van der Waals surface area contributed by atoms with Gasteiger partial charge in [-0.25, -0.2) is 14.6 Å². The molecule has 140 valence electrons. The quantitative estimate of drug-likeness (QED) is 0.579. The highest BCUT2D eigenvalue weighted by Crippen LogP contribution is 2.21. The lowest BCUT2D eigenvalue weighted by atomic mass is 10.2. The van der Waals surface area contributed by atoms with Crippen molar-refractivity contribution in [2.75, 3.05) is 0 Å². The number of nitrogens with one attached hydrogen (secondary N) is 1. The summed E-state index contributed by atoms with van der Waals surface area (Å²) in [5.41, 5.74) is 2.51. The van der Waals surface area contributed by atoms with Gasteiger partial charge in [0.25, 0.3) is 5.91 Å². The third-order valence-corrected chi connectivity index (χ3v) is 4.32. The molecule has 2 aromatic carbocycles. The number of amides is 1. The Morgan fingerprint density at radius 1 is 1.00 bits per heavy atom. The Labute approximate surface area is 162 Å². The highest BCUT2D eigenvalue weighted by molar-refractivity contribution is 5.90. The van der Waals surface area contributed by atoms with E-state index in [0.717, 1.165) is 22.7 Å². The molecule has 4 rings (SSSR count). The van der Waals surface area contributed by atoms with Crippen molar-refractivity contribution in [3.8, 4) is 17.1 Å². The normalized spacial score (nSPS) is 10.8. The van der Waals surface area contributed by atoms with Gasteiger partial charge in [0.05, 0.1) is 17.9 Å². The van der Waals surface area contributed by atoms with Crippen molar-refractivity contribution in [3.63, 3.8) is 0 Å². The average molecular weight is 373 g/mol. The molecule has 0 radical (unpaired) electrons. The zero-order valence-corrected chi connectivity index (χ0v) is 15.6. The van der Waals surface area contributed by atoms with Crippen molar-refractivity contribution in [3.05, 3.63) is 83.8 Å². The molecular formula is C21H19N5O2. The standard InChI is InChI=1S/C21H19N5O2/c1-14-15(2)28-18(23-14)13-22-21(27)19-24-20(16-9-5-3-6-10-16)26(25-19)17-11-7-4-8-12-17/h3-12H,13H2,1-2H3,(H,22,27). The molecule has 0 saturated carbocycles. The van der Waals surface area contributed by atoms with Crippen LogP contribution in [0, 0.1) is 13.8 Å². The van der Waals surface area contributed by atoms with Gasteiger partial charge in [-0.15, -0.1) is 5.10 Å². The minimum absolute atomic E-state index is 0.0858. The monoisotopic (exact) mass is 373 g/mol. The highest BCUT2D eigenvalue weighted by Gasteiger charge is 2.19. The molecule has 0 aliphatic carbocycles. The van der Waals surface area contributed by atoms with E-state index in [1.54, 1.807) is 4.68 Å². The maximum Gasteiger partial charge on any atom is 0.291 e. The number of hydrogen-bond donors (Lipinski definition) is 1. The summed E-state index contributed by atoms with van der Waals surface area (Å²) in [6.07, 6.45) is 0. The molecule has 7 nitrogen and oxygen atoms in total. The molecule has 2 heterocycles. The molecule has 1 N–H and O–H groups in total. The molecule has 0 spiro atoms. The second kappa shape index (κ2) is 7.48. The predicted molar refractivity (Wildman–Crippen MR) is 104 cm³/mol. The first-order chi connectivity index (χ1) is 13.6. The summed E-state index contributed by atoms with van der Waals surface area (Å²) in [7, 11) is 0. The van der Waals surface area contributed by atoms with Gasteiger partial charge in [0.1, 0.15) is 5.76 Å². The molecule has 4 aromatic rings. The highest BCUT2D eigenvalue weighted by atomic mass is 16.4. The molecule has 0 fully saturated rings. The smallest absolute Gasteiger partial charge is 0.291 e. The Balaban J connectivity index is 1.64. The fraction of sp³-hybridized carbons (Fsp3) is 0.143. The topological polar surface area (TPSA) is 85.8 Å². The van der Waals surface area contributed by atoms with E-state index in [2.05, 4.69) is 20.4 Å². The zero-order valence-electron chi connectivity index (χ0n) is 15.6. The van der Waals surface area contributed by atoms with Gasteiger partial charge in [0.15, 0.2) is 5.82 Å². The Morgan fingerprint density at radius 3 is 2.32 bits per heavy atom. The number of hydrogen-bond acceptors (Lipinski definition) is 5. The zero-order chi connectivity index (χ0) is 19.5. The van der Waals surface area contributed by atoms with Gasteiger partial charge >= 0.3 is 0 Å². The second-order valence-corrected chi connectivity index (χ2v) is 6.30. The van der Waals surface area contributed by atoms with Gasteiger partial charge in [-0.3, -0.25) is 4.79 Å². The third-order valence-electron chi connectivity index (χ3n) is 4.32. The van der Waals surface area contributed by atoms with E-state index in [1.165, 1.54) is 0 Å². The second-order valence-electron chi connectivity index (χ2n) is 6.30. The lowest BCUT2D eigenvalue weighted by Gasteiger charge is -2.05. The van der Waals surface area contributed by atoms with E-state index in [-0.39, 0.29) is 18.3 Å². The molecule has 0 atom stereocenters. The van der Waals surface area contributed by atoms with Crippen molar-refractivity contribution < 1.29 is 9.21 Å². The largest absolute Gasteiger partial charge is 0.444 e. The first-order valence-electron chi connectivity index (χ1n) is 8.91. The maximum atomic E-state index is 12.6. The number of aryl methyl sites for hydroxylation is 2. The Hall–Kier alpha value is -3.74. The number of oxazole rings is 1. The summed E-state index contributed by atoms with van der Waals surface area (Å²) in [6.45, 7) is 3.87. The van der Waals surface area contributed by atoms with Crippen molar-refractivity contribution in [2.45, 2.75) is 20.4 Å². The lowest BCUT2D eigenvalue weighted by molar-refractivity contribution is 0.0937. The summed E-state index contributed by atoms with van der Waals surface area (Å²) >= 11 is 0. The number of nitrogens with zero attached hydrogens (tertiary/aromatic N) is 4. The van der Waals surface area contributed by atoms with Crippen LogP contribution in [0.15, 0.2) is 65.1 Å². The van der Waals surface area contributed by atoms with Crippen LogP contribution in [0.3, 0.4) is 0 Å². The summed E-state index contributed by atoms with van der Waals surface area (Å²) in [6, 6.07) is 19.2. The summed E-state index contributed by atoms with van der Waals surface area (Å²) in [4.78, 5) is 21.4. The molecule has 7 heteroatoms. The Morgan fingerprint density at radius 2 is 1.68 bits per heavy atom. The van der Waals surface area contributed by atoms with E-state index in [1.807, 2.05) is 74.5 Å². The average Bonchev–Trinajstić information content (AvgIpc) is 3.31. The number of para-hydroxylation sites is 1. The number of aromatic nitrogens is 4. The number of carbonyl (C=O) groups excluding carboxylic acids is 1. The van der Waals surface area contributed by atoms with Crippen molar-refractivity contribution in [1.82, 2.24) is 25.1 Å². The van der Waals surface area contributed by atoms with E-state index in [4.69, 9.17) is 4.42 Å². The van der Waals surface area contributed by atoms with E-state index < -0.39 is 0 Å². The van der Waals surface area contributed by atoms with Crippen molar-refractivity contribution in [1.29, 1.82) is 0 Å². The first-order valence-corrected chi connectivity index (χ1v) is 8.91. The van der Waals surface area contributed by atoms with Crippen LogP contribution in [-0.4, -0.2) is 25.7 Å². The molecule has 28 heavy (non-hydrogen) atoms. The summed E-state index contributed by atoms with van der Waals surface area (Å²) in [5, 5.41) is 7.20. The molecule has 0 saturated heterocycles. The number of rotatable bonds is 5. The Bertz CT molecular complexity index is 1020. The van der Waals surface area contributed by atoms with Crippen LogP contribution in [-0.2, 0) is 6.54 Å². The fourth-order valence-electron chi connectivity index (χ4n) is 2.78. The minimum atomic E-state index is -0.389. The van der Waals surface area contributed by atoms with E-state index >= 15 is 0 Å². The van der Waals surface area contributed by atoms with Crippen molar-refractivity contribution >= 4 is 5.91 Å². The van der Waals surface area contributed by atoms with Crippen molar-refractivity contribution in [2.24, 2.45) is 0 Å². The molecule has 2 aromatic heterocycles. The van der Waals surface area contributed by atoms with Gasteiger partial charge in [-0.05, 0) is 26.0 Å². The minimum Gasteiger partial charge on any atom is -0.444 e. The molecule has 0 aliphatic heterocycles. The molecular weight excluding hydrogens is 354 g/mol. The SMILES string of the molecule is Cc1nc(CNC(=O)c2nc(-c3ccccc3)n(-c3ccccc3)n2)oc1C. The lowest BCUT2D eigenvalue weighted by Crippen LogP contribution is -2.24. The van der Waals surface area contributed by atoms with Crippen LogP contribution in [0.2, 0.25) is 0 Å². The van der Waals surface area contributed by atoms with Crippen LogP contribution in [0.1, 0.15) is 28.0 Å². The van der Waals surface area contributed by atoms with E-state index in [0.29, 0.717) is 11.7 Å². The number of benzene rings is 2. The predicted octanol–water partition coefficient (Wildman–Crippen LogP) is 3.47. The number of carbonyl (C=O) groups is 1. The molecule has 0 unspecified atom stereocenters. The van der Waals surface area contributed by atoms with Gasteiger partial charge in [-0.2, -0.15) is 0 Å². The van der Waals surface area contributed by atoms with Gasteiger partial charge in [0.2, 0.25) is 11.7 Å². The van der Waals surface area contributed by atoms with Crippen LogP contribution in [0.5, 0.6) is 0 Å². The van der Waals surface area contributed by atoms with Crippen LogP contribution < -0.4 is 5.32 Å². The Kier molecular flexibility index (Phi) is 4.72. The summed E-state index contributed by atoms with van der Waals surface area (Å²) < 4.78 is 7.17. The molecule has 0 bridgehead atoms. The fourth-order valence-corrected chi connectivity index (χ4v) is 2.78. The van der Waals surface area contributed by atoms with Crippen LogP contribution in [0.25, 0.3) is 17.1 Å². The molecule has 0 aliphatic rings. The van der Waals surface area contributed by atoms with Gasteiger partial charge in [-0.1, -0.05) is 48.5 Å².